The van der Waals surface area contributed by atoms with E-state index >= 15 is 0 Å². The maximum Gasteiger partial charge on any atom is 0.310 e. The molecule has 0 aromatic heterocycles. The molecule has 0 saturated carbocycles. The number of carbonyl (C=O) groups is 1. The molecule has 0 aliphatic carbocycles. The SMILES string of the molecule is CCC(=O)Oc1cccc(CS)c1COc1cc(C)c(C)cc1F. The van der Waals surface area contributed by atoms with Gasteiger partial charge in [0.25, 0.3) is 0 Å². The van der Waals surface area contributed by atoms with E-state index in [-0.39, 0.29) is 24.7 Å². The van der Waals surface area contributed by atoms with Crippen molar-refractivity contribution in [1.29, 1.82) is 0 Å². The minimum absolute atomic E-state index is 0.0997. The molecule has 0 N–H and O–H groups in total. The van der Waals surface area contributed by atoms with Crippen molar-refractivity contribution in [2.24, 2.45) is 0 Å². The van der Waals surface area contributed by atoms with Crippen molar-refractivity contribution in [3.05, 3.63) is 58.4 Å². The summed E-state index contributed by atoms with van der Waals surface area (Å²) in [5.41, 5.74) is 3.40. The second-order valence-electron chi connectivity index (χ2n) is 5.54. The Morgan fingerprint density at radius 2 is 1.88 bits per heavy atom. The van der Waals surface area contributed by atoms with Crippen LogP contribution in [0.25, 0.3) is 0 Å². The summed E-state index contributed by atoms with van der Waals surface area (Å²) in [6.07, 6.45) is 0.275. The molecule has 0 aliphatic rings. The first-order valence-corrected chi connectivity index (χ1v) is 8.41. The topological polar surface area (TPSA) is 35.5 Å². The van der Waals surface area contributed by atoms with E-state index in [1.807, 2.05) is 19.9 Å². The fraction of sp³-hybridized carbons (Fsp3) is 0.316. The molecule has 0 fully saturated rings. The van der Waals surface area contributed by atoms with Crippen LogP contribution in [0.1, 0.15) is 35.6 Å². The fourth-order valence-corrected chi connectivity index (χ4v) is 2.52. The zero-order valence-electron chi connectivity index (χ0n) is 14.1. The van der Waals surface area contributed by atoms with Gasteiger partial charge in [-0.15, -0.1) is 0 Å². The second-order valence-corrected chi connectivity index (χ2v) is 5.85. The Kier molecular flexibility index (Phi) is 6.26. The smallest absolute Gasteiger partial charge is 0.310 e. The van der Waals surface area contributed by atoms with Gasteiger partial charge in [-0.05, 0) is 48.7 Å². The number of rotatable bonds is 6. The van der Waals surface area contributed by atoms with Gasteiger partial charge in [0.1, 0.15) is 12.4 Å². The number of halogens is 1. The van der Waals surface area contributed by atoms with Crippen molar-refractivity contribution in [2.75, 3.05) is 0 Å². The van der Waals surface area contributed by atoms with E-state index in [9.17, 15) is 9.18 Å². The Balaban J connectivity index is 2.28. The number of aryl methyl sites for hydroxylation is 2. The summed E-state index contributed by atoms with van der Waals surface area (Å²) in [6, 6.07) is 8.50. The highest BCUT2D eigenvalue weighted by Crippen LogP contribution is 2.28. The summed E-state index contributed by atoms with van der Waals surface area (Å²) < 4.78 is 25.1. The van der Waals surface area contributed by atoms with Crippen molar-refractivity contribution in [1.82, 2.24) is 0 Å². The monoisotopic (exact) mass is 348 g/mol. The number of thiol groups is 1. The quantitative estimate of drug-likeness (QED) is 0.464. The van der Waals surface area contributed by atoms with Gasteiger partial charge in [-0.1, -0.05) is 19.1 Å². The van der Waals surface area contributed by atoms with Crippen molar-refractivity contribution in [3.8, 4) is 11.5 Å². The number of hydrogen-bond donors (Lipinski definition) is 1. The first kappa shape index (κ1) is 18.3. The van der Waals surface area contributed by atoms with Crippen molar-refractivity contribution >= 4 is 18.6 Å². The van der Waals surface area contributed by atoms with Crippen LogP contribution in [-0.4, -0.2) is 5.97 Å². The Labute approximate surface area is 147 Å². The molecule has 5 heteroatoms. The van der Waals surface area contributed by atoms with Crippen LogP contribution in [0.15, 0.2) is 30.3 Å². The van der Waals surface area contributed by atoms with Gasteiger partial charge >= 0.3 is 5.97 Å². The zero-order valence-corrected chi connectivity index (χ0v) is 15.0. The Hall–Kier alpha value is -2.01. The van der Waals surface area contributed by atoms with Crippen molar-refractivity contribution < 1.29 is 18.7 Å². The first-order chi connectivity index (χ1) is 11.5. The van der Waals surface area contributed by atoms with Gasteiger partial charge in [-0.3, -0.25) is 4.79 Å². The lowest BCUT2D eigenvalue weighted by molar-refractivity contribution is -0.134. The molecular weight excluding hydrogens is 327 g/mol. The number of hydrogen-bond acceptors (Lipinski definition) is 4. The minimum Gasteiger partial charge on any atom is -0.486 e. The molecular formula is C19H21FO3S. The molecule has 24 heavy (non-hydrogen) atoms. The number of carbonyl (C=O) groups excluding carboxylic acids is 1. The molecule has 128 valence electrons. The standard InChI is InChI=1S/C19H21FO3S/c1-4-19(21)23-17-7-5-6-14(11-24)15(17)10-22-18-9-13(3)12(2)8-16(18)20/h5-9,24H,4,10-11H2,1-3H3. The molecule has 0 saturated heterocycles. The molecule has 0 spiro atoms. The van der Waals surface area contributed by atoms with Crippen LogP contribution >= 0.6 is 12.6 Å². The number of esters is 1. The van der Waals surface area contributed by atoms with Gasteiger partial charge < -0.3 is 9.47 Å². The summed E-state index contributed by atoms with van der Waals surface area (Å²) in [5, 5.41) is 0. The van der Waals surface area contributed by atoms with Crippen LogP contribution in [0, 0.1) is 19.7 Å². The molecule has 2 aromatic carbocycles. The van der Waals surface area contributed by atoms with Crippen LogP contribution in [0.2, 0.25) is 0 Å². The minimum atomic E-state index is -0.409. The largest absolute Gasteiger partial charge is 0.486 e. The molecule has 0 bridgehead atoms. The Bertz CT molecular complexity index is 744. The van der Waals surface area contributed by atoms with Gasteiger partial charge in [-0.2, -0.15) is 12.6 Å². The molecule has 0 unspecified atom stereocenters. The van der Waals surface area contributed by atoms with Gasteiger partial charge in [0.2, 0.25) is 0 Å². The average molecular weight is 348 g/mol. The third-order valence-corrected chi connectivity index (χ3v) is 4.17. The molecule has 0 heterocycles. The fourth-order valence-electron chi connectivity index (χ4n) is 2.23. The first-order valence-electron chi connectivity index (χ1n) is 7.78. The van der Waals surface area contributed by atoms with E-state index in [2.05, 4.69) is 12.6 Å². The summed E-state index contributed by atoms with van der Waals surface area (Å²) in [7, 11) is 0. The second kappa shape index (κ2) is 8.20. The molecule has 3 nitrogen and oxygen atoms in total. The van der Waals surface area contributed by atoms with Crippen LogP contribution in [0.3, 0.4) is 0 Å². The summed E-state index contributed by atoms with van der Waals surface area (Å²) >= 11 is 4.30. The van der Waals surface area contributed by atoms with E-state index in [0.29, 0.717) is 17.1 Å². The molecule has 0 amide bonds. The van der Waals surface area contributed by atoms with Crippen LogP contribution < -0.4 is 9.47 Å². The van der Waals surface area contributed by atoms with Gasteiger partial charge in [0.05, 0.1) is 0 Å². The highest BCUT2D eigenvalue weighted by molar-refractivity contribution is 7.79. The third kappa shape index (κ3) is 4.29. The normalized spacial score (nSPS) is 10.5. The highest BCUT2D eigenvalue weighted by atomic mass is 32.1. The lowest BCUT2D eigenvalue weighted by Crippen LogP contribution is -2.10. The lowest BCUT2D eigenvalue weighted by Gasteiger charge is -2.15. The third-order valence-electron chi connectivity index (χ3n) is 3.83. The Morgan fingerprint density at radius 3 is 2.54 bits per heavy atom. The van der Waals surface area contributed by atoms with Crippen molar-refractivity contribution in [3.63, 3.8) is 0 Å². The summed E-state index contributed by atoms with van der Waals surface area (Å²) in [5.74, 6) is 0.335. The molecule has 0 radical (unpaired) electrons. The predicted octanol–water partition coefficient (Wildman–Crippen LogP) is 4.77. The summed E-state index contributed by atoms with van der Waals surface area (Å²) in [6.45, 7) is 5.58. The zero-order chi connectivity index (χ0) is 17.7. The van der Waals surface area contributed by atoms with Crippen LogP contribution in [0.5, 0.6) is 11.5 Å². The molecule has 2 rings (SSSR count). The Morgan fingerprint density at radius 1 is 1.17 bits per heavy atom. The maximum absolute atomic E-state index is 14.1. The van der Waals surface area contributed by atoms with E-state index in [0.717, 1.165) is 16.7 Å². The highest BCUT2D eigenvalue weighted by Gasteiger charge is 2.14. The van der Waals surface area contributed by atoms with Gasteiger partial charge in [0.15, 0.2) is 11.6 Å². The molecule has 0 atom stereocenters. The van der Waals surface area contributed by atoms with Crippen LogP contribution in [-0.2, 0) is 17.2 Å². The van der Waals surface area contributed by atoms with Gasteiger partial charge in [-0.25, -0.2) is 4.39 Å². The number of ether oxygens (including phenoxy) is 2. The molecule has 0 aliphatic heterocycles. The average Bonchev–Trinajstić information content (AvgIpc) is 2.57. The van der Waals surface area contributed by atoms with Gasteiger partial charge in [0, 0.05) is 17.7 Å². The lowest BCUT2D eigenvalue weighted by atomic mass is 10.1. The predicted molar refractivity (Wildman–Crippen MR) is 95.3 cm³/mol. The van der Waals surface area contributed by atoms with Crippen LogP contribution in [0.4, 0.5) is 4.39 Å². The van der Waals surface area contributed by atoms with E-state index in [1.54, 1.807) is 25.1 Å². The number of benzene rings is 2. The van der Waals surface area contributed by atoms with Crippen molar-refractivity contribution in [2.45, 2.75) is 39.6 Å². The maximum atomic E-state index is 14.1. The van der Waals surface area contributed by atoms with E-state index < -0.39 is 5.82 Å². The summed E-state index contributed by atoms with van der Waals surface area (Å²) in [4.78, 5) is 11.6. The van der Waals surface area contributed by atoms with E-state index in [4.69, 9.17) is 9.47 Å². The van der Waals surface area contributed by atoms with E-state index in [1.165, 1.54) is 6.07 Å². The molecule has 2 aromatic rings.